The normalized spacial score (nSPS) is 11.2. The van der Waals surface area contributed by atoms with Gasteiger partial charge in [-0.05, 0) is 58.0 Å². The van der Waals surface area contributed by atoms with Gasteiger partial charge < -0.3 is 10.6 Å². The smallest absolute Gasteiger partial charge is 0.307 e. The van der Waals surface area contributed by atoms with Gasteiger partial charge in [0.2, 0.25) is 0 Å². The van der Waals surface area contributed by atoms with Crippen LogP contribution in [0.2, 0.25) is 5.02 Å². The van der Waals surface area contributed by atoms with Crippen molar-refractivity contribution in [3.63, 3.8) is 0 Å². The number of H-pyrrole nitrogens is 1. The van der Waals surface area contributed by atoms with Gasteiger partial charge >= 0.3 is 12.2 Å². The Labute approximate surface area is 184 Å². The van der Waals surface area contributed by atoms with Crippen LogP contribution in [0.3, 0.4) is 0 Å². The third kappa shape index (κ3) is 4.70. The van der Waals surface area contributed by atoms with Gasteiger partial charge in [-0.3, -0.25) is 0 Å². The summed E-state index contributed by atoms with van der Waals surface area (Å²) in [6, 6.07) is 16.1. The summed E-state index contributed by atoms with van der Waals surface area (Å²) in [7, 11) is 0. The second-order valence-corrected chi connectivity index (χ2v) is 7.08. The molecule has 0 aliphatic rings. The van der Waals surface area contributed by atoms with Crippen LogP contribution in [0.4, 0.5) is 29.3 Å². The third-order valence-electron chi connectivity index (χ3n) is 4.53. The average Bonchev–Trinajstić information content (AvgIpc) is 3.29. The molecule has 0 unspecified atom stereocenters. The lowest BCUT2D eigenvalue weighted by Crippen LogP contribution is -2.22. The minimum atomic E-state index is -4.61. The second-order valence-electron chi connectivity index (χ2n) is 6.64. The van der Waals surface area contributed by atoms with Crippen molar-refractivity contribution in [2.75, 3.05) is 10.6 Å². The SMILES string of the molecule is O=C(Nc1ccc(-c2ccc(Cl)cc2)cc1-c1nnn[nH]1)Nc1ccccc1C(F)(F)F. The van der Waals surface area contributed by atoms with Gasteiger partial charge in [0.05, 0.1) is 16.9 Å². The summed E-state index contributed by atoms with van der Waals surface area (Å²) in [4.78, 5) is 12.5. The van der Waals surface area contributed by atoms with Crippen molar-refractivity contribution in [1.29, 1.82) is 0 Å². The number of amides is 2. The minimum Gasteiger partial charge on any atom is -0.307 e. The zero-order chi connectivity index (χ0) is 22.7. The molecule has 11 heteroatoms. The summed E-state index contributed by atoms with van der Waals surface area (Å²) in [5.74, 6) is 0.270. The second kappa shape index (κ2) is 8.67. The van der Waals surface area contributed by atoms with Gasteiger partial charge in [-0.1, -0.05) is 41.9 Å². The average molecular weight is 459 g/mol. The Morgan fingerprint density at radius 2 is 1.59 bits per heavy atom. The van der Waals surface area contributed by atoms with Crippen molar-refractivity contribution >= 4 is 29.0 Å². The first-order valence-corrected chi connectivity index (χ1v) is 9.57. The lowest BCUT2D eigenvalue weighted by atomic mass is 10.0. The molecule has 1 aromatic heterocycles. The number of nitrogens with one attached hydrogen (secondary N) is 3. The number of rotatable bonds is 4. The number of carbonyl (C=O) groups is 1. The molecule has 0 bridgehead atoms. The monoisotopic (exact) mass is 458 g/mol. The van der Waals surface area contributed by atoms with Gasteiger partial charge in [0, 0.05) is 10.6 Å². The number of aromatic nitrogens is 4. The van der Waals surface area contributed by atoms with E-state index >= 15 is 0 Å². The Balaban J connectivity index is 1.64. The maximum atomic E-state index is 13.2. The van der Waals surface area contributed by atoms with E-state index in [1.807, 2.05) is 12.1 Å². The van der Waals surface area contributed by atoms with Crippen molar-refractivity contribution in [1.82, 2.24) is 20.6 Å². The van der Waals surface area contributed by atoms with Crippen LogP contribution in [0.25, 0.3) is 22.5 Å². The predicted octanol–water partition coefficient (Wildman–Crippen LogP) is 5.85. The summed E-state index contributed by atoms with van der Waals surface area (Å²) in [6.07, 6.45) is -4.61. The number of anilines is 2. The molecule has 3 N–H and O–H groups in total. The summed E-state index contributed by atoms with van der Waals surface area (Å²) < 4.78 is 39.6. The van der Waals surface area contributed by atoms with E-state index in [4.69, 9.17) is 11.6 Å². The molecule has 0 fully saturated rings. The number of nitrogens with zero attached hydrogens (tertiary/aromatic N) is 3. The Bertz CT molecular complexity index is 1240. The maximum absolute atomic E-state index is 13.2. The van der Waals surface area contributed by atoms with Crippen molar-refractivity contribution < 1.29 is 18.0 Å². The maximum Gasteiger partial charge on any atom is 0.418 e. The van der Waals surface area contributed by atoms with E-state index in [1.54, 1.807) is 30.3 Å². The van der Waals surface area contributed by atoms with Crippen LogP contribution in [0.15, 0.2) is 66.7 Å². The number of halogens is 4. The summed E-state index contributed by atoms with van der Waals surface area (Å²) in [6.45, 7) is 0. The Hall–Kier alpha value is -3.92. The standard InChI is InChI=1S/C21H14ClF3N6O/c22-14-8-5-12(6-9-14)13-7-10-17(15(11-13)19-28-30-31-29-19)26-20(32)27-18-4-2-1-3-16(18)21(23,24)25/h1-11H,(H2,26,27,32)(H,28,29,30,31). The highest BCUT2D eigenvalue weighted by Crippen LogP contribution is 2.35. The lowest BCUT2D eigenvalue weighted by molar-refractivity contribution is -0.136. The van der Waals surface area contributed by atoms with E-state index in [9.17, 15) is 18.0 Å². The molecule has 4 rings (SSSR count). The van der Waals surface area contributed by atoms with Crippen LogP contribution in [0.5, 0.6) is 0 Å². The first kappa shape index (κ1) is 21.3. The quantitative estimate of drug-likeness (QED) is 0.357. The molecule has 162 valence electrons. The zero-order valence-corrected chi connectivity index (χ0v) is 16.9. The minimum absolute atomic E-state index is 0.270. The number of para-hydroxylation sites is 1. The topological polar surface area (TPSA) is 95.6 Å². The number of hydrogen-bond donors (Lipinski definition) is 3. The van der Waals surface area contributed by atoms with Gasteiger partial charge in [-0.15, -0.1) is 5.10 Å². The van der Waals surface area contributed by atoms with Gasteiger partial charge in [-0.2, -0.15) is 13.2 Å². The van der Waals surface area contributed by atoms with Crippen LogP contribution in [-0.4, -0.2) is 26.7 Å². The van der Waals surface area contributed by atoms with E-state index < -0.39 is 17.8 Å². The first-order chi connectivity index (χ1) is 15.3. The lowest BCUT2D eigenvalue weighted by Gasteiger charge is -2.15. The fourth-order valence-electron chi connectivity index (χ4n) is 3.06. The molecule has 1 heterocycles. The zero-order valence-electron chi connectivity index (χ0n) is 16.1. The molecule has 7 nitrogen and oxygen atoms in total. The predicted molar refractivity (Wildman–Crippen MR) is 114 cm³/mol. The van der Waals surface area contributed by atoms with Gasteiger partial charge in [0.25, 0.3) is 0 Å². The molecule has 2 amide bonds. The third-order valence-corrected chi connectivity index (χ3v) is 4.78. The summed E-state index contributed by atoms with van der Waals surface area (Å²) in [5.41, 5.74) is 1.08. The molecule has 0 radical (unpaired) electrons. The van der Waals surface area contributed by atoms with Crippen molar-refractivity contribution in [2.24, 2.45) is 0 Å². The van der Waals surface area contributed by atoms with Crippen LogP contribution >= 0.6 is 11.6 Å². The van der Waals surface area contributed by atoms with Gasteiger partial charge in [-0.25, -0.2) is 9.89 Å². The molecule has 0 saturated heterocycles. The molecule has 3 aromatic carbocycles. The van der Waals surface area contributed by atoms with Crippen LogP contribution in [0, 0.1) is 0 Å². The largest absolute Gasteiger partial charge is 0.418 e. The van der Waals surface area contributed by atoms with Crippen molar-refractivity contribution in [2.45, 2.75) is 6.18 Å². The van der Waals surface area contributed by atoms with E-state index in [2.05, 4.69) is 31.3 Å². The van der Waals surface area contributed by atoms with Crippen molar-refractivity contribution in [3.05, 3.63) is 77.3 Å². The van der Waals surface area contributed by atoms with Crippen LogP contribution in [0.1, 0.15) is 5.56 Å². The number of tetrazole rings is 1. The fraction of sp³-hybridized carbons (Fsp3) is 0.0476. The Morgan fingerprint density at radius 3 is 2.28 bits per heavy atom. The molecule has 0 atom stereocenters. The number of hydrogen-bond acceptors (Lipinski definition) is 4. The molecule has 32 heavy (non-hydrogen) atoms. The number of alkyl halides is 3. The highest BCUT2D eigenvalue weighted by atomic mass is 35.5. The molecule has 0 saturated carbocycles. The fourth-order valence-corrected chi connectivity index (χ4v) is 3.19. The van der Waals surface area contributed by atoms with Gasteiger partial charge in [0.1, 0.15) is 0 Å². The number of aromatic amines is 1. The number of urea groups is 1. The molecular formula is C21H14ClF3N6O. The van der Waals surface area contributed by atoms with Crippen LogP contribution in [-0.2, 0) is 6.18 Å². The van der Waals surface area contributed by atoms with E-state index in [-0.39, 0.29) is 11.5 Å². The number of carbonyl (C=O) groups excluding carboxylic acids is 1. The Kier molecular flexibility index (Phi) is 5.78. The van der Waals surface area contributed by atoms with Crippen LogP contribution < -0.4 is 10.6 Å². The molecule has 0 aliphatic carbocycles. The molecule has 4 aromatic rings. The highest BCUT2D eigenvalue weighted by Gasteiger charge is 2.33. The van der Waals surface area contributed by atoms with E-state index in [1.165, 1.54) is 18.2 Å². The number of benzene rings is 3. The van der Waals surface area contributed by atoms with Crippen molar-refractivity contribution in [3.8, 4) is 22.5 Å². The van der Waals surface area contributed by atoms with E-state index in [0.717, 1.165) is 17.2 Å². The van der Waals surface area contributed by atoms with E-state index in [0.29, 0.717) is 16.3 Å². The van der Waals surface area contributed by atoms with Gasteiger partial charge in [0.15, 0.2) is 5.82 Å². The summed E-state index contributed by atoms with van der Waals surface area (Å²) in [5, 5.41) is 19.0. The molecule has 0 spiro atoms. The summed E-state index contributed by atoms with van der Waals surface area (Å²) >= 11 is 5.94. The first-order valence-electron chi connectivity index (χ1n) is 9.19. The Morgan fingerprint density at radius 1 is 0.906 bits per heavy atom. The highest BCUT2D eigenvalue weighted by molar-refractivity contribution is 6.30. The molecule has 0 aliphatic heterocycles. The molecular weight excluding hydrogens is 445 g/mol.